The zero-order valence-corrected chi connectivity index (χ0v) is 13.6. The molecular formula is C18H26N2S. The van der Waals surface area contributed by atoms with E-state index in [9.17, 15) is 0 Å². The van der Waals surface area contributed by atoms with Crippen molar-refractivity contribution in [1.82, 2.24) is 10.2 Å². The molecule has 3 aliphatic rings. The SMILES string of the molecule is c1ccc2c(c1)SCC2CN1CCC(NCC2CC2)CC1. The van der Waals surface area contributed by atoms with Crippen LogP contribution in [0, 0.1) is 5.92 Å². The highest BCUT2D eigenvalue weighted by molar-refractivity contribution is 7.99. The van der Waals surface area contributed by atoms with Crippen molar-refractivity contribution in [2.24, 2.45) is 5.92 Å². The first-order chi connectivity index (χ1) is 10.4. The lowest BCUT2D eigenvalue weighted by molar-refractivity contribution is 0.190. The molecule has 21 heavy (non-hydrogen) atoms. The third-order valence-corrected chi connectivity index (χ3v) is 6.51. The number of nitrogens with zero attached hydrogens (tertiary/aromatic N) is 1. The summed E-state index contributed by atoms with van der Waals surface area (Å²) in [4.78, 5) is 4.21. The molecule has 1 aliphatic carbocycles. The highest BCUT2D eigenvalue weighted by atomic mass is 32.2. The Morgan fingerprint density at radius 2 is 1.90 bits per heavy atom. The Morgan fingerprint density at radius 1 is 1.10 bits per heavy atom. The number of piperidine rings is 1. The van der Waals surface area contributed by atoms with Crippen molar-refractivity contribution in [2.75, 3.05) is 31.9 Å². The smallest absolute Gasteiger partial charge is 0.0108 e. The van der Waals surface area contributed by atoms with Crippen LogP contribution in [0.15, 0.2) is 29.2 Å². The number of hydrogen-bond acceptors (Lipinski definition) is 3. The maximum Gasteiger partial charge on any atom is 0.0108 e. The third kappa shape index (κ3) is 3.46. The number of nitrogens with one attached hydrogen (secondary N) is 1. The summed E-state index contributed by atoms with van der Waals surface area (Å²) < 4.78 is 0. The Labute approximate surface area is 132 Å². The van der Waals surface area contributed by atoms with Gasteiger partial charge in [0.25, 0.3) is 0 Å². The first kappa shape index (κ1) is 14.1. The Morgan fingerprint density at radius 3 is 2.71 bits per heavy atom. The summed E-state index contributed by atoms with van der Waals surface area (Å²) in [5, 5.41) is 3.78. The first-order valence-electron chi connectivity index (χ1n) is 8.56. The minimum Gasteiger partial charge on any atom is -0.314 e. The quantitative estimate of drug-likeness (QED) is 0.898. The zero-order chi connectivity index (χ0) is 14.1. The van der Waals surface area contributed by atoms with Crippen LogP contribution in [-0.2, 0) is 0 Å². The number of hydrogen-bond donors (Lipinski definition) is 1. The van der Waals surface area contributed by atoms with Crippen LogP contribution in [0.25, 0.3) is 0 Å². The van der Waals surface area contributed by atoms with Gasteiger partial charge in [0, 0.05) is 29.2 Å². The average molecular weight is 302 g/mol. The van der Waals surface area contributed by atoms with Gasteiger partial charge < -0.3 is 10.2 Å². The van der Waals surface area contributed by atoms with Crippen LogP contribution in [0.5, 0.6) is 0 Å². The fraction of sp³-hybridized carbons (Fsp3) is 0.667. The molecule has 0 radical (unpaired) electrons. The molecule has 2 fully saturated rings. The van der Waals surface area contributed by atoms with E-state index in [-0.39, 0.29) is 0 Å². The molecule has 1 unspecified atom stereocenters. The van der Waals surface area contributed by atoms with Crippen LogP contribution >= 0.6 is 11.8 Å². The molecular weight excluding hydrogens is 276 g/mol. The molecule has 2 heterocycles. The van der Waals surface area contributed by atoms with Crippen LogP contribution < -0.4 is 5.32 Å². The van der Waals surface area contributed by atoms with Crippen molar-refractivity contribution < 1.29 is 0 Å². The molecule has 1 aromatic carbocycles. The summed E-state index contributed by atoms with van der Waals surface area (Å²) in [6, 6.07) is 9.78. The van der Waals surface area contributed by atoms with Crippen LogP contribution in [0.3, 0.4) is 0 Å². The van der Waals surface area contributed by atoms with E-state index in [1.54, 1.807) is 5.56 Å². The van der Waals surface area contributed by atoms with Crippen molar-refractivity contribution in [3.8, 4) is 0 Å². The summed E-state index contributed by atoms with van der Waals surface area (Å²) >= 11 is 2.04. The average Bonchev–Trinajstić information content (AvgIpc) is 3.28. The molecule has 3 heteroatoms. The van der Waals surface area contributed by atoms with Gasteiger partial charge in [0.05, 0.1) is 0 Å². The maximum atomic E-state index is 3.78. The van der Waals surface area contributed by atoms with E-state index in [1.165, 1.54) is 62.5 Å². The molecule has 0 spiro atoms. The predicted molar refractivity (Wildman–Crippen MR) is 90.1 cm³/mol. The maximum absolute atomic E-state index is 3.78. The van der Waals surface area contributed by atoms with Crippen LogP contribution in [-0.4, -0.2) is 42.9 Å². The number of likely N-dealkylation sites (tertiary alicyclic amines) is 1. The highest BCUT2D eigenvalue weighted by Gasteiger charge is 2.28. The summed E-state index contributed by atoms with van der Waals surface area (Å²) in [6.07, 6.45) is 5.61. The normalized spacial score (nSPS) is 27.0. The lowest BCUT2D eigenvalue weighted by atomic mass is 9.98. The van der Waals surface area contributed by atoms with Crippen molar-refractivity contribution >= 4 is 11.8 Å². The molecule has 1 atom stereocenters. The second-order valence-corrected chi connectivity index (χ2v) is 8.03. The summed E-state index contributed by atoms with van der Waals surface area (Å²) in [6.45, 7) is 5.11. The Kier molecular flexibility index (Phi) is 4.24. The molecule has 4 rings (SSSR count). The second kappa shape index (κ2) is 6.31. The first-order valence-corrected chi connectivity index (χ1v) is 9.54. The van der Waals surface area contributed by atoms with E-state index >= 15 is 0 Å². The Hall–Kier alpha value is -0.510. The van der Waals surface area contributed by atoms with Gasteiger partial charge in [-0.15, -0.1) is 11.8 Å². The summed E-state index contributed by atoms with van der Waals surface area (Å²) in [5.74, 6) is 3.04. The highest BCUT2D eigenvalue weighted by Crippen LogP contribution is 2.39. The molecule has 0 aromatic heterocycles. The fourth-order valence-electron chi connectivity index (χ4n) is 3.67. The molecule has 114 valence electrons. The van der Waals surface area contributed by atoms with E-state index in [0.717, 1.165) is 17.9 Å². The number of fused-ring (bicyclic) bond motifs is 1. The standard InChI is InChI=1S/C18H26N2S/c1-2-4-18-17(3-1)15(13-21-18)12-20-9-7-16(8-10-20)19-11-14-5-6-14/h1-4,14-16,19H,5-13H2. The number of rotatable bonds is 5. The monoisotopic (exact) mass is 302 g/mol. The Balaban J connectivity index is 1.25. The van der Waals surface area contributed by atoms with Gasteiger partial charge in [-0.1, -0.05) is 18.2 Å². The molecule has 2 nitrogen and oxygen atoms in total. The topological polar surface area (TPSA) is 15.3 Å². The van der Waals surface area contributed by atoms with Gasteiger partial charge in [0.15, 0.2) is 0 Å². The van der Waals surface area contributed by atoms with E-state index in [0.29, 0.717) is 0 Å². The van der Waals surface area contributed by atoms with E-state index in [2.05, 4.69) is 34.5 Å². The molecule has 0 bridgehead atoms. The van der Waals surface area contributed by atoms with Gasteiger partial charge in [-0.2, -0.15) is 0 Å². The lowest BCUT2D eigenvalue weighted by Crippen LogP contribution is -2.44. The van der Waals surface area contributed by atoms with Gasteiger partial charge in [0.1, 0.15) is 0 Å². The Bertz CT molecular complexity index is 478. The van der Waals surface area contributed by atoms with Crippen molar-refractivity contribution in [3.63, 3.8) is 0 Å². The zero-order valence-electron chi connectivity index (χ0n) is 12.8. The van der Waals surface area contributed by atoms with Crippen molar-refractivity contribution in [3.05, 3.63) is 29.8 Å². The van der Waals surface area contributed by atoms with Gasteiger partial charge in [-0.05, 0) is 62.9 Å². The minimum absolute atomic E-state index is 0.752. The van der Waals surface area contributed by atoms with Gasteiger partial charge in [-0.25, -0.2) is 0 Å². The molecule has 1 N–H and O–H groups in total. The summed E-state index contributed by atoms with van der Waals surface area (Å²) in [5.41, 5.74) is 1.59. The number of benzene rings is 1. The van der Waals surface area contributed by atoms with E-state index in [4.69, 9.17) is 0 Å². The predicted octanol–water partition coefficient (Wildman–Crippen LogP) is 3.34. The van der Waals surface area contributed by atoms with Crippen LogP contribution in [0.2, 0.25) is 0 Å². The second-order valence-electron chi connectivity index (χ2n) is 6.97. The van der Waals surface area contributed by atoms with Gasteiger partial charge in [0.2, 0.25) is 0 Å². The largest absolute Gasteiger partial charge is 0.314 e. The lowest BCUT2D eigenvalue weighted by Gasteiger charge is -2.34. The van der Waals surface area contributed by atoms with E-state index in [1.807, 2.05) is 11.8 Å². The van der Waals surface area contributed by atoms with Crippen LogP contribution in [0.4, 0.5) is 0 Å². The minimum atomic E-state index is 0.752. The number of thioether (sulfide) groups is 1. The summed E-state index contributed by atoms with van der Waals surface area (Å²) in [7, 11) is 0. The molecule has 1 saturated heterocycles. The van der Waals surface area contributed by atoms with Gasteiger partial charge >= 0.3 is 0 Å². The molecule has 1 aromatic rings. The third-order valence-electron chi connectivity index (χ3n) is 5.26. The van der Waals surface area contributed by atoms with Crippen LogP contribution in [0.1, 0.15) is 37.2 Å². The van der Waals surface area contributed by atoms with Crippen molar-refractivity contribution in [1.29, 1.82) is 0 Å². The molecule has 0 amide bonds. The fourth-order valence-corrected chi connectivity index (χ4v) is 4.91. The van der Waals surface area contributed by atoms with Gasteiger partial charge in [-0.3, -0.25) is 0 Å². The van der Waals surface area contributed by atoms with E-state index < -0.39 is 0 Å². The molecule has 2 aliphatic heterocycles. The van der Waals surface area contributed by atoms with Crippen molar-refractivity contribution in [2.45, 2.75) is 42.5 Å². The molecule has 1 saturated carbocycles.